The summed E-state index contributed by atoms with van der Waals surface area (Å²) >= 11 is 0. The molecular weight excluding hydrogens is 253 g/mol. The fourth-order valence-corrected chi connectivity index (χ4v) is 2.09. The van der Waals surface area contributed by atoms with Crippen LogP contribution in [0, 0.1) is 17.1 Å². The minimum Gasteiger partial charge on any atom is -0.354 e. The molecule has 0 unspecified atom stereocenters. The highest BCUT2D eigenvalue weighted by molar-refractivity contribution is 5.91. The van der Waals surface area contributed by atoms with E-state index in [-0.39, 0.29) is 5.56 Å². The van der Waals surface area contributed by atoms with Gasteiger partial charge in [-0.1, -0.05) is 18.2 Å². The minimum atomic E-state index is -0.445. The smallest absolute Gasteiger partial charge is 0.126 e. The molecule has 0 aliphatic carbocycles. The van der Waals surface area contributed by atoms with E-state index in [9.17, 15) is 4.39 Å². The summed E-state index contributed by atoms with van der Waals surface area (Å²) in [6.07, 6.45) is 1.71. The van der Waals surface area contributed by atoms with Crippen molar-refractivity contribution >= 4 is 22.3 Å². The number of pyridine rings is 1. The van der Waals surface area contributed by atoms with Crippen LogP contribution >= 0.6 is 0 Å². The number of aromatic nitrogens is 1. The quantitative estimate of drug-likeness (QED) is 0.760. The van der Waals surface area contributed by atoms with Crippen LogP contribution < -0.4 is 5.32 Å². The van der Waals surface area contributed by atoms with E-state index in [1.807, 2.05) is 36.4 Å². The van der Waals surface area contributed by atoms with Crippen LogP contribution in [-0.2, 0) is 0 Å². The average molecular weight is 263 g/mol. The third-order valence-electron chi connectivity index (χ3n) is 2.94. The van der Waals surface area contributed by atoms with Crippen LogP contribution in [0.2, 0.25) is 0 Å². The van der Waals surface area contributed by atoms with E-state index in [0.717, 1.165) is 16.6 Å². The van der Waals surface area contributed by atoms with Gasteiger partial charge in [-0.05, 0) is 30.3 Å². The molecule has 0 bridgehead atoms. The number of rotatable bonds is 2. The zero-order chi connectivity index (χ0) is 13.9. The highest BCUT2D eigenvalue weighted by Crippen LogP contribution is 2.25. The lowest BCUT2D eigenvalue weighted by molar-refractivity contribution is 0.628. The molecule has 1 aromatic heterocycles. The van der Waals surface area contributed by atoms with Gasteiger partial charge in [0, 0.05) is 17.3 Å². The van der Waals surface area contributed by atoms with E-state index >= 15 is 0 Å². The van der Waals surface area contributed by atoms with Gasteiger partial charge in [0.1, 0.15) is 5.82 Å². The standard InChI is InChI=1S/C16H10FN3/c17-13-7-11(10-18)8-14(9-13)20-15-5-1-3-12-4-2-6-19-16(12)15/h1-9,20H. The van der Waals surface area contributed by atoms with Gasteiger partial charge in [0.2, 0.25) is 0 Å². The maximum absolute atomic E-state index is 13.4. The zero-order valence-corrected chi connectivity index (χ0v) is 10.5. The monoisotopic (exact) mass is 263 g/mol. The van der Waals surface area contributed by atoms with Crippen LogP contribution in [0.1, 0.15) is 5.56 Å². The van der Waals surface area contributed by atoms with E-state index in [1.165, 1.54) is 12.1 Å². The maximum Gasteiger partial charge on any atom is 0.126 e. The summed E-state index contributed by atoms with van der Waals surface area (Å²) in [7, 11) is 0. The van der Waals surface area contributed by atoms with E-state index in [1.54, 1.807) is 12.3 Å². The summed E-state index contributed by atoms with van der Waals surface area (Å²) in [5, 5.41) is 13.0. The lowest BCUT2D eigenvalue weighted by Crippen LogP contribution is -1.94. The third-order valence-corrected chi connectivity index (χ3v) is 2.94. The first-order valence-corrected chi connectivity index (χ1v) is 6.08. The molecular formula is C16H10FN3. The molecule has 0 aliphatic rings. The lowest BCUT2D eigenvalue weighted by atomic mass is 10.1. The highest BCUT2D eigenvalue weighted by Gasteiger charge is 2.04. The van der Waals surface area contributed by atoms with Crippen molar-refractivity contribution in [3.63, 3.8) is 0 Å². The average Bonchev–Trinajstić information content (AvgIpc) is 2.47. The van der Waals surface area contributed by atoms with Crippen molar-refractivity contribution in [1.82, 2.24) is 4.98 Å². The number of fused-ring (bicyclic) bond motifs is 1. The Labute approximate surface area is 115 Å². The van der Waals surface area contributed by atoms with E-state index < -0.39 is 5.82 Å². The molecule has 2 aromatic carbocycles. The fraction of sp³-hybridized carbons (Fsp3) is 0. The Kier molecular flexibility index (Phi) is 3.02. The molecule has 3 rings (SSSR count). The predicted octanol–water partition coefficient (Wildman–Crippen LogP) is 3.99. The second-order valence-corrected chi connectivity index (χ2v) is 4.35. The second kappa shape index (κ2) is 4.98. The summed E-state index contributed by atoms with van der Waals surface area (Å²) in [6, 6.07) is 15.6. The fourth-order valence-electron chi connectivity index (χ4n) is 2.09. The van der Waals surface area contributed by atoms with Gasteiger partial charge in [-0.2, -0.15) is 5.26 Å². The van der Waals surface area contributed by atoms with Crippen molar-refractivity contribution in [2.24, 2.45) is 0 Å². The van der Waals surface area contributed by atoms with Gasteiger partial charge in [-0.25, -0.2) is 4.39 Å². The Morgan fingerprint density at radius 2 is 1.95 bits per heavy atom. The van der Waals surface area contributed by atoms with Crippen molar-refractivity contribution in [2.75, 3.05) is 5.32 Å². The number of hydrogen-bond acceptors (Lipinski definition) is 3. The van der Waals surface area contributed by atoms with Crippen LogP contribution in [0.15, 0.2) is 54.7 Å². The van der Waals surface area contributed by atoms with Gasteiger partial charge < -0.3 is 5.32 Å². The number of halogens is 1. The largest absolute Gasteiger partial charge is 0.354 e. The first kappa shape index (κ1) is 12.1. The van der Waals surface area contributed by atoms with Crippen molar-refractivity contribution < 1.29 is 4.39 Å². The van der Waals surface area contributed by atoms with Crippen molar-refractivity contribution in [2.45, 2.75) is 0 Å². The molecule has 0 saturated heterocycles. The third kappa shape index (κ3) is 2.29. The Balaban J connectivity index is 2.06. The van der Waals surface area contributed by atoms with E-state index in [2.05, 4.69) is 10.3 Å². The van der Waals surface area contributed by atoms with Gasteiger partial charge in [0.25, 0.3) is 0 Å². The summed E-state index contributed by atoms with van der Waals surface area (Å²) < 4.78 is 13.4. The number of anilines is 2. The molecule has 1 N–H and O–H groups in total. The van der Waals surface area contributed by atoms with Crippen LogP contribution in [0.3, 0.4) is 0 Å². The topological polar surface area (TPSA) is 48.7 Å². The molecule has 0 radical (unpaired) electrons. The highest BCUT2D eigenvalue weighted by atomic mass is 19.1. The molecule has 0 atom stereocenters. The molecule has 3 nitrogen and oxygen atoms in total. The SMILES string of the molecule is N#Cc1cc(F)cc(Nc2cccc3cccnc23)c1. The van der Waals surface area contributed by atoms with Gasteiger partial charge in [0.15, 0.2) is 0 Å². The van der Waals surface area contributed by atoms with E-state index in [4.69, 9.17) is 5.26 Å². The first-order valence-electron chi connectivity index (χ1n) is 6.08. The maximum atomic E-state index is 13.4. The molecule has 0 aliphatic heterocycles. The van der Waals surface area contributed by atoms with Crippen molar-refractivity contribution in [1.29, 1.82) is 5.26 Å². The number of nitriles is 1. The van der Waals surface area contributed by atoms with Gasteiger partial charge in [-0.15, -0.1) is 0 Å². The zero-order valence-electron chi connectivity index (χ0n) is 10.5. The molecule has 96 valence electrons. The predicted molar refractivity (Wildman–Crippen MR) is 76.1 cm³/mol. The lowest BCUT2D eigenvalue weighted by Gasteiger charge is -2.09. The molecule has 20 heavy (non-hydrogen) atoms. The number of nitrogens with one attached hydrogen (secondary N) is 1. The first-order chi connectivity index (χ1) is 9.76. The summed E-state index contributed by atoms with van der Waals surface area (Å²) in [6.45, 7) is 0. The van der Waals surface area contributed by atoms with Crippen LogP contribution in [0.4, 0.5) is 15.8 Å². The Morgan fingerprint density at radius 3 is 2.80 bits per heavy atom. The molecule has 0 saturated carbocycles. The normalized spacial score (nSPS) is 10.2. The molecule has 0 amide bonds. The Bertz CT molecular complexity index is 816. The molecule has 3 aromatic rings. The Morgan fingerprint density at radius 1 is 1.10 bits per heavy atom. The van der Waals surface area contributed by atoms with Gasteiger partial charge >= 0.3 is 0 Å². The molecule has 0 fully saturated rings. The van der Waals surface area contributed by atoms with Crippen LogP contribution in [0.25, 0.3) is 10.9 Å². The summed E-state index contributed by atoms with van der Waals surface area (Å²) in [5.74, 6) is -0.445. The molecule has 1 heterocycles. The van der Waals surface area contributed by atoms with Crippen LogP contribution in [0.5, 0.6) is 0 Å². The van der Waals surface area contributed by atoms with Gasteiger partial charge in [0.05, 0.1) is 22.8 Å². The molecule has 4 heteroatoms. The van der Waals surface area contributed by atoms with Crippen molar-refractivity contribution in [3.05, 3.63) is 66.1 Å². The Hall–Kier alpha value is -2.93. The molecule has 0 spiro atoms. The van der Waals surface area contributed by atoms with Gasteiger partial charge in [-0.3, -0.25) is 4.98 Å². The number of para-hydroxylation sites is 1. The van der Waals surface area contributed by atoms with E-state index in [0.29, 0.717) is 5.69 Å². The number of benzene rings is 2. The van der Waals surface area contributed by atoms with Crippen molar-refractivity contribution in [3.8, 4) is 6.07 Å². The van der Waals surface area contributed by atoms with Crippen LogP contribution in [-0.4, -0.2) is 4.98 Å². The summed E-state index contributed by atoms with van der Waals surface area (Å²) in [5.41, 5.74) is 2.38. The minimum absolute atomic E-state index is 0.278. The number of nitrogens with zero attached hydrogens (tertiary/aromatic N) is 2. The second-order valence-electron chi connectivity index (χ2n) is 4.35. The number of hydrogen-bond donors (Lipinski definition) is 1. The summed E-state index contributed by atoms with van der Waals surface area (Å²) in [4.78, 5) is 4.32.